The first-order valence-corrected chi connectivity index (χ1v) is 4.80. The molecule has 0 bridgehead atoms. The molecule has 1 aliphatic rings. The molecule has 0 amide bonds. The van der Waals surface area contributed by atoms with Gasteiger partial charge in [0.05, 0.1) is 19.1 Å². The highest BCUT2D eigenvalue weighted by Gasteiger charge is 2.19. The second kappa shape index (κ2) is 4.69. The van der Waals surface area contributed by atoms with E-state index in [0.717, 1.165) is 5.56 Å². The van der Waals surface area contributed by atoms with E-state index in [2.05, 4.69) is 5.87 Å². The Kier molecular flexibility index (Phi) is 3.08. The van der Waals surface area contributed by atoms with Gasteiger partial charge in [0.25, 0.3) is 0 Å². The molecule has 1 N–H and O–H groups in total. The maximum Gasteiger partial charge on any atom is 0.351 e. The minimum atomic E-state index is -0.316. The Morgan fingerprint density at radius 2 is 2.00 bits per heavy atom. The van der Waals surface area contributed by atoms with E-state index in [9.17, 15) is 0 Å². The molecule has 0 atom stereocenters. The van der Waals surface area contributed by atoms with Crippen LogP contribution in [0.4, 0.5) is 0 Å². The van der Waals surface area contributed by atoms with Crippen LogP contribution in [0.5, 0.6) is 0 Å². The van der Waals surface area contributed by atoms with Crippen LogP contribution in [0.1, 0.15) is 11.9 Å². The number of ether oxygens (including phenoxy) is 2. The molecule has 0 radical (unpaired) electrons. The van der Waals surface area contributed by atoms with Gasteiger partial charge in [-0.2, -0.15) is 5.26 Å². The second-order valence-corrected chi connectivity index (χ2v) is 3.20. The van der Waals surface area contributed by atoms with Crippen molar-refractivity contribution >= 4 is 11.6 Å². The van der Waals surface area contributed by atoms with Crippen molar-refractivity contribution in [1.29, 1.82) is 10.7 Å². The number of aromatic nitrogens is 1. The van der Waals surface area contributed by atoms with E-state index < -0.39 is 0 Å². The Labute approximate surface area is 92.7 Å². The van der Waals surface area contributed by atoms with E-state index in [4.69, 9.17) is 20.1 Å². The summed E-state index contributed by atoms with van der Waals surface area (Å²) in [6.45, 7) is 1.20. The third kappa shape index (κ3) is 2.00. The van der Waals surface area contributed by atoms with Crippen molar-refractivity contribution < 1.29 is 14.0 Å². The monoisotopic (exact) mass is 216 g/mol. The zero-order chi connectivity index (χ0) is 11.4. The number of pyridine rings is 1. The van der Waals surface area contributed by atoms with Gasteiger partial charge in [0.15, 0.2) is 24.8 Å². The van der Waals surface area contributed by atoms with Crippen molar-refractivity contribution in [1.82, 2.24) is 0 Å². The van der Waals surface area contributed by atoms with Crippen molar-refractivity contribution in [3.05, 3.63) is 30.1 Å². The molecule has 1 aliphatic heterocycles. The maximum atomic E-state index is 8.72. The number of nitrogens with one attached hydrogen (secondary N) is 1. The lowest BCUT2D eigenvalue weighted by atomic mass is 10.2. The van der Waals surface area contributed by atoms with Crippen LogP contribution in [0.2, 0.25) is 0 Å². The quantitative estimate of drug-likeness (QED) is 0.448. The largest absolute Gasteiger partial charge is 0.351 e. The summed E-state index contributed by atoms with van der Waals surface area (Å²) in [4.78, 5) is 0. The molecule has 80 valence electrons. The molecule has 5 nitrogen and oxygen atoms in total. The number of hydrogen-bond donors (Lipinski definition) is 1. The van der Waals surface area contributed by atoms with Gasteiger partial charge < -0.3 is 9.47 Å². The maximum absolute atomic E-state index is 8.72. The predicted molar refractivity (Wildman–Crippen MR) is 54.3 cm³/mol. The molecule has 0 aromatic carbocycles. The van der Waals surface area contributed by atoms with E-state index >= 15 is 0 Å². The molecule has 1 aromatic heterocycles. The highest BCUT2D eigenvalue weighted by molar-refractivity contribution is 5.80. The van der Waals surface area contributed by atoms with Crippen molar-refractivity contribution in [3.63, 3.8) is 0 Å². The zero-order valence-electron chi connectivity index (χ0n) is 8.51. The minimum absolute atomic E-state index is 0.139. The summed E-state index contributed by atoms with van der Waals surface area (Å²) < 4.78 is 12.2. The first kappa shape index (κ1) is 10.5. The molecule has 2 heterocycles. The fourth-order valence-electron chi connectivity index (χ4n) is 1.45. The van der Waals surface area contributed by atoms with Crippen molar-refractivity contribution in [2.45, 2.75) is 6.29 Å². The van der Waals surface area contributed by atoms with Crippen molar-refractivity contribution in [2.24, 2.45) is 0 Å². The molecule has 5 heteroatoms. The van der Waals surface area contributed by atoms with Crippen molar-refractivity contribution in [3.8, 4) is 6.07 Å². The third-order valence-corrected chi connectivity index (χ3v) is 2.23. The average Bonchev–Trinajstić information content (AvgIpc) is 2.85. The lowest BCUT2D eigenvalue weighted by molar-refractivity contribution is -0.576. The molecule has 0 spiro atoms. The molecule has 16 heavy (non-hydrogen) atoms. The summed E-state index contributed by atoms with van der Waals surface area (Å²) in [5.41, 5.74) is 1.04. The third-order valence-electron chi connectivity index (χ3n) is 2.23. The Bertz CT molecular complexity index is 463. The molecule has 1 saturated heterocycles. The standard InChI is InChI=1S/C11H10N3O2/c12-7-10(8-13)14-3-1-9(2-4-14)11-15-5-6-16-11/h1-4,11-12H,5-6H2/q+1. The number of allylic oxidation sites excluding steroid dienone is 1. The summed E-state index contributed by atoms with van der Waals surface area (Å²) in [6, 6.07) is 5.47. The summed E-state index contributed by atoms with van der Waals surface area (Å²) in [7, 11) is 0. The summed E-state index contributed by atoms with van der Waals surface area (Å²) >= 11 is 0. The smallest absolute Gasteiger partial charge is 0.346 e. The van der Waals surface area contributed by atoms with Gasteiger partial charge in [0, 0.05) is 17.7 Å². The first-order valence-electron chi connectivity index (χ1n) is 4.80. The van der Waals surface area contributed by atoms with Gasteiger partial charge in [0.1, 0.15) is 0 Å². The first-order chi connectivity index (χ1) is 7.85. The van der Waals surface area contributed by atoms with Gasteiger partial charge >= 0.3 is 5.70 Å². The summed E-state index contributed by atoms with van der Waals surface area (Å²) in [6.07, 6.45) is 3.05. The Morgan fingerprint density at radius 1 is 1.38 bits per heavy atom. The molecule has 2 rings (SSSR count). The fourth-order valence-corrected chi connectivity index (χ4v) is 1.45. The van der Waals surface area contributed by atoms with Crippen LogP contribution in [0.25, 0.3) is 5.70 Å². The van der Waals surface area contributed by atoms with E-state index in [0.29, 0.717) is 13.2 Å². The van der Waals surface area contributed by atoms with Gasteiger partial charge in [-0.05, 0) is 0 Å². The SMILES string of the molecule is N#CC(=C=N)[n+]1ccc(C2OCCO2)cc1. The number of rotatable bonds is 2. The van der Waals surface area contributed by atoms with Gasteiger partial charge in [0.2, 0.25) is 0 Å². The van der Waals surface area contributed by atoms with E-state index in [1.807, 2.05) is 6.07 Å². The molecular weight excluding hydrogens is 206 g/mol. The van der Waals surface area contributed by atoms with Crippen molar-refractivity contribution in [2.75, 3.05) is 13.2 Å². The van der Waals surface area contributed by atoms with Gasteiger partial charge in [-0.25, -0.2) is 0 Å². The van der Waals surface area contributed by atoms with Crippen LogP contribution in [-0.2, 0) is 9.47 Å². The topological polar surface area (TPSA) is 70.0 Å². The van der Waals surface area contributed by atoms with E-state index in [-0.39, 0.29) is 12.0 Å². The van der Waals surface area contributed by atoms with Crippen LogP contribution in [0.15, 0.2) is 24.5 Å². The summed E-state index contributed by atoms with van der Waals surface area (Å²) in [5, 5.41) is 15.7. The van der Waals surface area contributed by atoms with Gasteiger partial charge in [-0.3, -0.25) is 5.41 Å². The van der Waals surface area contributed by atoms with Crippen LogP contribution < -0.4 is 4.57 Å². The lowest BCUT2D eigenvalue weighted by Crippen LogP contribution is -2.31. The van der Waals surface area contributed by atoms with Crippen LogP contribution in [-0.4, -0.2) is 19.1 Å². The molecule has 0 unspecified atom stereocenters. The van der Waals surface area contributed by atoms with Crippen LogP contribution in [0.3, 0.4) is 0 Å². The van der Waals surface area contributed by atoms with Gasteiger partial charge in [-0.1, -0.05) is 0 Å². The van der Waals surface area contributed by atoms with Crippen LogP contribution >= 0.6 is 0 Å². The Hall–Kier alpha value is -1.99. The van der Waals surface area contributed by atoms with E-state index in [1.54, 1.807) is 24.5 Å². The second-order valence-electron chi connectivity index (χ2n) is 3.20. The van der Waals surface area contributed by atoms with Gasteiger partial charge in [-0.15, -0.1) is 4.57 Å². The number of hydrogen-bond acceptors (Lipinski definition) is 4. The zero-order valence-corrected chi connectivity index (χ0v) is 8.51. The molecule has 0 saturated carbocycles. The number of nitriles is 1. The molecule has 1 fully saturated rings. The lowest BCUT2D eigenvalue weighted by Gasteiger charge is -2.06. The average molecular weight is 216 g/mol. The van der Waals surface area contributed by atoms with Crippen LogP contribution in [0, 0.1) is 16.7 Å². The molecular formula is C11H10N3O2+. The fraction of sp³-hybridized carbons (Fsp3) is 0.273. The predicted octanol–water partition coefficient (Wildman–Crippen LogP) is 0.632. The number of nitrogens with zero attached hydrogens (tertiary/aromatic N) is 2. The summed E-state index contributed by atoms with van der Waals surface area (Å²) in [5.74, 6) is 2.06. The Balaban J connectivity index is 2.22. The highest BCUT2D eigenvalue weighted by Crippen LogP contribution is 2.21. The molecule has 1 aromatic rings. The molecule has 0 aliphatic carbocycles. The minimum Gasteiger partial charge on any atom is -0.346 e. The normalized spacial score (nSPS) is 15.4. The van der Waals surface area contributed by atoms with E-state index in [1.165, 1.54) is 4.57 Å². The highest BCUT2D eigenvalue weighted by atomic mass is 16.7. The Morgan fingerprint density at radius 3 is 2.50 bits per heavy atom.